The molecule has 2 rings (SSSR count). The van der Waals surface area contributed by atoms with Crippen molar-refractivity contribution in [1.82, 2.24) is 0 Å². The number of carbonyl (C=O) groups is 1. The summed E-state index contributed by atoms with van der Waals surface area (Å²) in [6.45, 7) is 3.55. The Morgan fingerprint density at radius 3 is 2.86 bits per heavy atom. The Kier molecular flexibility index (Phi) is 2.44. The monoisotopic (exact) mass is 192 g/mol. The second kappa shape index (κ2) is 3.60. The van der Waals surface area contributed by atoms with Crippen LogP contribution in [-0.4, -0.2) is 11.1 Å². The largest absolute Gasteiger partial charge is 0.478 e. The highest BCUT2D eigenvalue weighted by atomic mass is 16.4. The maximum atomic E-state index is 10.5. The Hall–Kier alpha value is -1.05. The molecule has 0 saturated heterocycles. The number of aliphatic carboxylic acids is 1. The van der Waals surface area contributed by atoms with Crippen LogP contribution < -0.4 is 0 Å². The third-order valence-electron chi connectivity index (χ3n) is 3.47. The van der Waals surface area contributed by atoms with Crippen molar-refractivity contribution in [2.75, 3.05) is 0 Å². The molecule has 2 nitrogen and oxygen atoms in total. The molecule has 2 heteroatoms. The Bertz CT molecular complexity index is 301. The first kappa shape index (κ1) is 9.50. The molecule has 76 valence electrons. The molecule has 2 aliphatic carbocycles. The van der Waals surface area contributed by atoms with E-state index in [4.69, 9.17) is 5.11 Å². The van der Waals surface area contributed by atoms with Gasteiger partial charge in [-0.05, 0) is 43.9 Å². The van der Waals surface area contributed by atoms with Crippen LogP contribution in [-0.2, 0) is 4.79 Å². The molecule has 0 aliphatic heterocycles. The molecule has 2 aliphatic rings. The molecule has 2 bridgehead atoms. The van der Waals surface area contributed by atoms with E-state index in [2.05, 4.69) is 12.7 Å². The topological polar surface area (TPSA) is 37.3 Å². The predicted octanol–water partition coefficient (Wildman–Crippen LogP) is 2.76. The number of allylic oxidation sites excluding steroid dienone is 2. The summed E-state index contributed by atoms with van der Waals surface area (Å²) in [5.74, 6) is 0.712. The van der Waals surface area contributed by atoms with E-state index in [0.717, 1.165) is 18.3 Å². The molecule has 0 amide bonds. The van der Waals surface area contributed by atoms with Crippen molar-refractivity contribution >= 4 is 5.97 Å². The van der Waals surface area contributed by atoms with Gasteiger partial charge in [0.2, 0.25) is 0 Å². The van der Waals surface area contributed by atoms with E-state index in [9.17, 15) is 4.79 Å². The quantitative estimate of drug-likeness (QED) is 0.549. The van der Waals surface area contributed by atoms with Crippen LogP contribution in [0.5, 0.6) is 0 Å². The Balaban J connectivity index is 1.85. The van der Waals surface area contributed by atoms with Crippen LogP contribution >= 0.6 is 0 Å². The maximum Gasteiger partial charge on any atom is 0.330 e. The average Bonchev–Trinajstić information content (AvgIpc) is 2.74. The van der Waals surface area contributed by atoms with Gasteiger partial charge >= 0.3 is 5.97 Å². The lowest BCUT2D eigenvalue weighted by molar-refractivity contribution is -0.132. The fourth-order valence-corrected chi connectivity index (χ4v) is 2.63. The first-order chi connectivity index (χ1) is 6.66. The number of hydrogen-bond donors (Lipinski definition) is 1. The molecule has 1 fully saturated rings. The van der Waals surface area contributed by atoms with Crippen LogP contribution in [0.3, 0.4) is 0 Å². The van der Waals surface area contributed by atoms with Crippen molar-refractivity contribution < 1.29 is 9.90 Å². The minimum absolute atomic E-state index is 0.341. The van der Waals surface area contributed by atoms with Gasteiger partial charge in [-0.1, -0.05) is 18.2 Å². The molecule has 1 N–H and O–H groups in total. The van der Waals surface area contributed by atoms with Gasteiger partial charge in [0.1, 0.15) is 0 Å². The Labute approximate surface area is 84.3 Å². The SMILES string of the molecule is C=C(CCC1=CC2CCC1C2)C(=O)O. The molecular formula is C12H16O2. The van der Waals surface area contributed by atoms with E-state index >= 15 is 0 Å². The number of hydrogen-bond acceptors (Lipinski definition) is 1. The highest BCUT2D eigenvalue weighted by Crippen LogP contribution is 2.45. The molecule has 0 aromatic carbocycles. The van der Waals surface area contributed by atoms with Gasteiger partial charge in [-0.2, -0.15) is 0 Å². The van der Waals surface area contributed by atoms with Crippen LogP contribution in [0.2, 0.25) is 0 Å². The van der Waals surface area contributed by atoms with Crippen molar-refractivity contribution in [3.8, 4) is 0 Å². The smallest absolute Gasteiger partial charge is 0.330 e. The van der Waals surface area contributed by atoms with Gasteiger partial charge < -0.3 is 5.11 Å². The van der Waals surface area contributed by atoms with E-state index < -0.39 is 5.97 Å². The Morgan fingerprint density at radius 1 is 1.57 bits per heavy atom. The summed E-state index contributed by atoms with van der Waals surface area (Å²) in [6.07, 6.45) is 7.86. The van der Waals surface area contributed by atoms with E-state index in [1.165, 1.54) is 24.8 Å². The zero-order valence-electron chi connectivity index (χ0n) is 8.33. The lowest BCUT2D eigenvalue weighted by Crippen LogP contribution is -2.02. The highest BCUT2D eigenvalue weighted by molar-refractivity contribution is 5.85. The van der Waals surface area contributed by atoms with Crippen LogP contribution in [0.15, 0.2) is 23.8 Å². The predicted molar refractivity (Wildman–Crippen MR) is 54.9 cm³/mol. The number of rotatable bonds is 4. The molecular weight excluding hydrogens is 176 g/mol. The average molecular weight is 192 g/mol. The van der Waals surface area contributed by atoms with Crippen molar-refractivity contribution in [1.29, 1.82) is 0 Å². The number of fused-ring (bicyclic) bond motifs is 2. The van der Waals surface area contributed by atoms with Gasteiger partial charge in [0.25, 0.3) is 0 Å². The number of carboxylic acid groups (broad SMARTS) is 1. The molecule has 2 unspecified atom stereocenters. The summed E-state index contributed by atoms with van der Waals surface area (Å²) in [7, 11) is 0. The summed E-state index contributed by atoms with van der Waals surface area (Å²) in [5, 5.41) is 8.67. The molecule has 0 aromatic heterocycles. The molecule has 0 spiro atoms. The van der Waals surface area contributed by atoms with E-state index in [-0.39, 0.29) is 0 Å². The Morgan fingerprint density at radius 2 is 2.36 bits per heavy atom. The van der Waals surface area contributed by atoms with Crippen LogP contribution in [0.4, 0.5) is 0 Å². The van der Waals surface area contributed by atoms with E-state index in [0.29, 0.717) is 12.0 Å². The minimum atomic E-state index is -0.853. The minimum Gasteiger partial charge on any atom is -0.478 e. The summed E-state index contributed by atoms with van der Waals surface area (Å²) in [5.41, 5.74) is 1.83. The zero-order chi connectivity index (χ0) is 10.1. The molecule has 14 heavy (non-hydrogen) atoms. The molecule has 0 radical (unpaired) electrons. The van der Waals surface area contributed by atoms with Gasteiger partial charge in [0, 0.05) is 5.57 Å². The molecule has 1 saturated carbocycles. The lowest BCUT2D eigenvalue weighted by atomic mass is 9.93. The van der Waals surface area contributed by atoms with Crippen LogP contribution in [0.1, 0.15) is 32.1 Å². The van der Waals surface area contributed by atoms with Gasteiger partial charge in [0.15, 0.2) is 0 Å². The second-order valence-corrected chi connectivity index (χ2v) is 4.42. The third kappa shape index (κ3) is 1.74. The molecule has 2 atom stereocenters. The third-order valence-corrected chi connectivity index (χ3v) is 3.47. The normalized spacial score (nSPS) is 29.0. The molecule has 0 heterocycles. The van der Waals surface area contributed by atoms with Gasteiger partial charge in [-0.15, -0.1) is 0 Å². The zero-order valence-corrected chi connectivity index (χ0v) is 8.33. The first-order valence-corrected chi connectivity index (χ1v) is 5.28. The summed E-state index contributed by atoms with van der Waals surface area (Å²) >= 11 is 0. The lowest BCUT2D eigenvalue weighted by Gasteiger charge is -2.12. The fraction of sp³-hybridized carbons (Fsp3) is 0.583. The summed E-state index contributed by atoms with van der Waals surface area (Å²) in [4.78, 5) is 10.5. The van der Waals surface area contributed by atoms with Crippen molar-refractivity contribution in [2.45, 2.75) is 32.1 Å². The fourth-order valence-electron chi connectivity index (χ4n) is 2.63. The van der Waals surface area contributed by atoms with Gasteiger partial charge in [-0.25, -0.2) is 4.79 Å². The van der Waals surface area contributed by atoms with Gasteiger partial charge in [-0.3, -0.25) is 0 Å². The van der Waals surface area contributed by atoms with E-state index in [1.807, 2.05) is 0 Å². The maximum absolute atomic E-state index is 10.5. The van der Waals surface area contributed by atoms with Crippen molar-refractivity contribution in [2.24, 2.45) is 11.8 Å². The summed E-state index contributed by atoms with van der Waals surface area (Å²) < 4.78 is 0. The molecule has 0 aromatic rings. The van der Waals surface area contributed by atoms with Crippen LogP contribution in [0.25, 0.3) is 0 Å². The van der Waals surface area contributed by atoms with Crippen LogP contribution in [0, 0.1) is 11.8 Å². The first-order valence-electron chi connectivity index (χ1n) is 5.28. The number of carboxylic acids is 1. The van der Waals surface area contributed by atoms with Crippen molar-refractivity contribution in [3.63, 3.8) is 0 Å². The van der Waals surface area contributed by atoms with E-state index in [1.54, 1.807) is 0 Å². The van der Waals surface area contributed by atoms with Crippen molar-refractivity contribution in [3.05, 3.63) is 23.8 Å². The second-order valence-electron chi connectivity index (χ2n) is 4.42. The van der Waals surface area contributed by atoms with Gasteiger partial charge in [0.05, 0.1) is 0 Å². The highest BCUT2D eigenvalue weighted by Gasteiger charge is 2.32. The standard InChI is InChI=1S/C12H16O2/c1-8(12(13)14)2-4-10-6-9-3-5-11(10)7-9/h6,9,11H,1-5,7H2,(H,13,14). The summed E-state index contributed by atoms with van der Waals surface area (Å²) in [6, 6.07) is 0.